The standard InChI is InChI=1S/C15H22O4/c1-5-19-15(17)13(8-10(2)3)11-6-7-12(9-11)14(16)18-4/h6-8,10-12H,5,9H2,1-4H3/b13-8+/t11-,12+/m0/s1. The molecule has 0 aromatic rings. The minimum Gasteiger partial charge on any atom is -0.469 e. The Balaban J connectivity index is 2.82. The lowest BCUT2D eigenvalue weighted by Crippen LogP contribution is -2.18. The number of allylic oxidation sites excluding steroid dienone is 2. The summed E-state index contributed by atoms with van der Waals surface area (Å²) >= 11 is 0. The number of rotatable bonds is 5. The molecular formula is C15H22O4. The van der Waals surface area contributed by atoms with Crippen LogP contribution in [0.25, 0.3) is 0 Å². The van der Waals surface area contributed by atoms with Crippen LogP contribution in [0.4, 0.5) is 0 Å². The number of ether oxygens (including phenoxy) is 2. The molecule has 0 spiro atoms. The zero-order valence-electron chi connectivity index (χ0n) is 12.0. The normalized spacial score (nSPS) is 22.7. The van der Waals surface area contributed by atoms with Gasteiger partial charge in [0, 0.05) is 11.5 Å². The summed E-state index contributed by atoms with van der Waals surface area (Å²) in [5.74, 6) is -0.626. The molecule has 2 atom stereocenters. The minimum atomic E-state index is -0.295. The summed E-state index contributed by atoms with van der Waals surface area (Å²) in [6, 6.07) is 0. The van der Waals surface area contributed by atoms with E-state index >= 15 is 0 Å². The Kier molecular flexibility index (Phi) is 5.80. The second-order valence-corrected chi connectivity index (χ2v) is 4.94. The Morgan fingerprint density at radius 1 is 1.32 bits per heavy atom. The van der Waals surface area contributed by atoms with E-state index in [9.17, 15) is 9.59 Å². The zero-order chi connectivity index (χ0) is 14.4. The molecule has 19 heavy (non-hydrogen) atoms. The molecule has 0 bridgehead atoms. The van der Waals surface area contributed by atoms with Crippen LogP contribution in [0.5, 0.6) is 0 Å². The molecule has 106 valence electrons. The summed E-state index contributed by atoms with van der Waals surface area (Å²) in [4.78, 5) is 23.5. The van der Waals surface area contributed by atoms with E-state index in [0.29, 0.717) is 18.6 Å². The molecule has 1 rings (SSSR count). The maximum Gasteiger partial charge on any atom is 0.334 e. The Morgan fingerprint density at radius 2 is 1.95 bits per heavy atom. The van der Waals surface area contributed by atoms with E-state index in [4.69, 9.17) is 9.47 Å². The molecule has 0 amide bonds. The smallest absolute Gasteiger partial charge is 0.334 e. The van der Waals surface area contributed by atoms with Crippen molar-refractivity contribution in [2.45, 2.75) is 27.2 Å². The summed E-state index contributed by atoms with van der Waals surface area (Å²) in [6.07, 6.45) is 6.19. The van der Waals surface area contributed by atoms with Gasteiger partial charge >= 0.3 is 11.9 Å². The van der Waals surface area contributed by atoms with Crippen LogP contribution >= 0.6 is 0 Å². The maximum absolute atomic E-state index is 12.0. The van der Waals surface area contributed by atoms with Gasteiger partial charge in [0.05, 0.1) is 19.6 Å². The monoisotopic (exact) mass is 266 g/mol. The van der Waals surface area contributed by atoms with Gasteiger partial charge in [-0.1, -0.05) is 32.1 Å². The zero-order valence-corrected chi connectivity index (χ0v) is 12.0. The first-order valence-electron chi connectivity index (χ1n) is 6.64. The summed E-state index contributed by atoms with van der Waals surface area (Å²) in [5.41, 5.74) is 0.638. The van der Waals surface area contributed by atoms with Crippen LogP contribution in [0.3, 0.4) is 0 Å². The second-order valence-electron chi connectivity index (χ2n) is 4.94. The van der Waals surface area contributed by atoms with Crippen molar-refractivity contribution in [1.82, 2.24) is 0 Å². The van der Waals surface area contributed by atoms with E-state index in [1.807, 2.05) is 32.1 Å². The molecule has 0 fully saturated rings. The van der Waals surface area contributed by atoms with Gasteiger partial charge in [-0.05, 0) is 19.3 Å². The van der Waals surface area contributed by atoms with Crippen molar-refractivity contribution in [2.75, 3.05) is 13.7 Å². The van der Waals surface area contributed by atoms with Crippen LogP contribution in [-0.4, -0.2) is 25.7 Å². The molecule has 0 aliphatic heterocycles. The Morgan fingerprint density at radius 3 is 2.47 bits per heavy atom. The molecule has 0 unspecified atom stereocenters. The number of hydrogen-bond acceptors (Lipinski definition) is 4. The fourth-order valence-electron chi connectivity index (χ4n) is 2.17. The molecule has 4 nitrogen and oxygen atoms in total. The van der Waals surface area contributed by atoms with Crippen LogP contribution in [0.1, 0.15) is 27.2 Å². The highest BCUT2D eigenvalue weighted by atomic mass is 16.5. The van der Waals surface area contributed by atoms with Crippen molar-refractivity contribution in [3.63, 3.8) is 0 Å². The third-order valence-electron chi connectivity index (χ3n) is 3.01. The summed E-state index contributed by atoms with van der Waals surface area (Å²) in [5, 5.41) is 0. The third-order valence-corrected chi connectivity index (χ3v) is 3.01. The highest BCUT2D eigenvalue weighted by Crippen LogP contribution is 2.31. The van der Waals surface area contributed by atoms with Crippen molar-refractivity contribution in [2.24, 2.45) is 17.8 Å². The van der Waals surface area contributed by atoms with Gasteiger partial charge in [0.1, 0.15) is 0 Å². The summed E-state index contributed by atoms with van der Waals surface area (Å²) in [6.45, 7) is 6.16. The molecule has 4 heteroatoms. The molecule has 0 aromatic carbocycles. The van der Waals surface area contributed by atoms with Crippen LogP contribution in [0, 0.1) is 17.8 Å². The van der Waals surface area contributed by atoms with Gasteiger partial charge in [-0.2, -0.15) is 0 Å². The van der Waals surface area contributed by atoms with Crippen LogP contribution < -0.4 is 0 Å². The highest BCUT2D eigenvalue weighted by Gasteiger charge is 2.30. The van der Waals surface area contributed by atoms with Crippen molar-refractivity contribution in [3.8, 4) is 0 Å². The number of carbonyl (C=O) groups excluding carboxylic acids is 2. The first-order valence-corrected chi connectivity index (χ1v) is 6.64. The Labute approximate surface area is 114 Å². The average Bonchev–Trinajstić information content (AvgIpc) is 2.84. The van der Waals surface area contributed by atoms with Gasteiger partial charge in [-0.3, -0.25) is 4.79 Å². The predicted molar refractivity (Wildman–Crippen MR) is 72.3 cm³/mol. The number of esters is 2. The fraction of sp³-hybridized carbons (Fsp3) is 0.600. The number of methoxy groups -OCH3 is 1. The second kappa shape index (κ2) is 7.12. The topological polar surface area (TPSA) is 52.6 Å². The van der Waals surface area contributed by atoms with E-state index < -0.39 is 0 Å². The van der Waals surface area contributed by atoms with Gasteiger partial charge in [0.15, 0.2) is 0 Å². The molecule has 1 aliphatic rings. The van der Waals surface area contributed by atoms with Crippen LogP contribution in [0.15, 0.2) is 23.8 Å². The predicted octanol–water partition coefficient (Wildman–Crippen LogP) is 2.50. The molecular weight excluding hydrogens is 244 g/mol. The SMILES string of the molecule is CCOC(=O)/C(=C/C(C)C)[C@H]1C=C[C@@H](C(=O)OC)C1. The van der Waals surface area contributed by atoms with Crippen molar-refractivity contribution in [1.29, 1.82) is 0 Å². The van der Waals surface area contributed by atoms with Crippen molar-refractivity contribution < 1.29 is 19.1 Å². The van der Waals surface area contributed by atoms with Gasteiger partial charge in [-0.15, -0.1) is 0 Å². The molecule has 1 aliphatic carbocycles. The molecule has 0 heterocycles. The number of hydrogen-bond donors (Lipinski definition) is 0. The van der Waals surface area contributed by atoms with E-state index in [0.717, 1.165) is 0 Å². The lowest BCUT2D eigenvalue weighted by Gasteiger charge is -2.15. The fourth-order valence-corrected chi connectivity index (χ4v) is 2.17. The van der Waals surface area contributed by atoms with E-state index in [2.05, 4.69) is 0 Å². The van der Waals surface area contributed by atoms with Crippen LogP contribution in [0.2, 0.25) is 0 Å². The summed E-state index contributed by atoms with van der Waals surface area (Å²) < 4.78 is 9.81. The number of carbonyl (C=O) groups is 2. The molecule has 0 N–H and O–H groups in total. The maximum atomic E-state index is 12.0. The van der Waals surface area contributed by atoms with Gasteiger partial charge in [0.2, 0.25) is 0 Å². The van der Waals surface area contributed by atoms with Gasteiger partial charge in [-0.25, -0.2) is 4.79 Å². The Bertz CT molecular complexity index is 393. The van der Waals surface area contributed by atoms with Crippen molar-refractivity contribution in [3.05, 3.63) is 23.8 Å². The van der Waals surface area contributed by atoms with E-state index in [-0.39, 0.29) is 29.7 Å². The lowest BCUT2D eigenvalue weighted by molar-refractivity contribution is -0.144. The summed E-state index contributed by atoms with van der Waals surface area (Å²) in [7, 11) is 1.37. The molecule has 0 saturated heterocycles. The largest absolute Gasteiger partial charge is 0.469 e. The third kappa shape index (κ3) is 4.23. The van der Waals surface area contributed by atoms with Gasteiger partial charge in [0.25, 0.3) is 0 Å². The molecule has 0 saturated carbocycles. The van der Waals surface area contributed by atoms with Crippen molar-refractivity contribution >= 4 is 11.9 Å². The minimum absolute atomic E-state index is 0.0643. The first-order chi connectivity index (χ1) is 8.99. The van der Waals surface area contributed by atoms with E-state index in [1.165, 1.54) is 7.11 Å². The Hall–Kier alpha value is -1.58. The van der Waals surface area contributed by atoms with Gasteiger partial charge < -0.3 is 9.47 Å². The van der Waals surface area contributed by atoms with Crippen LogP contribution in [-0.2, 0) is 19.1 Å². The lowest BCUT2D eigenvalue weighted by atomic mass is 9.93. The quantitative estimate of drug-likeness (QED) is 0.436. The molecule has 0 aromatic heterocycles. The molecule has 0 radical (unpaired) electrons. The first kappa shape index (κ1) is 15.5. The van der Waals surface area contributed by atoms with E-state index in [1.54, 1.807) is 6.92 Å². The highest BCUT2D eigenvalue weighted by molar-refractivity contribution is 5.90. The average molecular weight is 266 g/mol.